The number of carbonyl (C=O) groups is 1. The summed E-state index contributed by atoms with van der Waals surface area (Å²) in [5.74, 6) is -0.682. The van der Waals surface area contributed by atoms with Crippen molar-refractivity contribution in [3.05, 3.63) is 60.7 Å². The lowest BCUT2D eigenvalue weighted by Gasteiger charge is -2.11. The molecular weight excluding hydrogens is 294 g/mol. The van der Waals surface area contributed by atoms with Crippen LogP contribution in [-0.4, -0.2) is 30.4 Å². The number of fused-ring (bicyclic) bond motifs is 3. The average molecular weight is 305 g/mol. The number of imidazole rings is 1. The monoisotopic (exact) mass is 305 g/mol. The summed E-state index contributed by atoms with van der Waals surface area (Å²) in [5, 5.41) is 13.2. The van der Waals surface area contributed by atoms with Crippen molar-refractivity contribution >= 4 is 34.2 Å². The predicted molar refractivity (Wildman–Crippen MR) is 85.0 cm³/mol. The Hall–Kier alpha value is -3.48. The lowest BCUT2D eigenvalue weighted by molar-refractivity contribution is 0.0689. The van der Waals surface area contributed by atoms with E-state index in [4.69, 9.17) is 0 Å². The Labute approximate surface area is 130 Å². The van der Waals surface area contributed by atoms with Crippen molar-refractivity contribution in [2.45, 2.75) is 0 Å². The average Bonchev–Trinajstić information content (AvgIpc) is 3.02. The molecule has 0 spiro atoms. The number of carboxylic acid groups (broad SMARTS) is 1. The first-order valence-electron chi connectivity index (χ1n) is 6.90. The molecule has 4 rings (SSSR count). The zero-order valence-corrected chi connectivity index (χ0v) is 11.8. The minimum absolute atomic E-state index is 0.0386. The first-order valence-corrected chi connectivity index (χ1v) is 6.90. The Balaban J connectivity index is 2.03. The first kappa shape index (κ1) is 13.2. The normalized spacial score (nSPS) is 11.0. The van der Waals surface area contributed by atoms with E-state index in [2.05, 4.69) is 20.3 Å². The lowest BCUT2D eigenvalue weighted by atomic mass is 10.3. The second kappa shape index (κ2) is 5.06. The molecule has 0 radical (unpaired) electrons. The molecule has 0 aliphatic heterocycles. The van der Waals surface area contributed by atoms with Crippen molar-refractivity contribution in [2.24, 2.45) is 0 Å². The molecule has 3 heterocycles. The number of anilines is 2. The maximum absolute atomic E-state index is 11.5. The minimum Gasteiger partial charge on any atom is -0.477 e. The van der Waals surface area contributed by atoms with Crippen LogP contribution < -0.4 is 5.32 Å². The highest BCUT2D eigenvalue weighted by molar-refractivity contribution is 5.95. The topological polar surface area (TPSA) is 92.4 Å². The van der Waals surface area contributed by atoms with Gasteiger partial charge < -0.3 is 10.4 Å². The Morgan fingerprint density at radius 3 is 2.74 bits per heavy atom. The molecule has 1 aromatic carbocycles. The third-order valence-corrected chi connectivity index (χ3v) is 3.49. The fourth-order valence-electron chi connectivity index (χ4n) is 2.46. The number of para-hydroxylation sites is 1. The summed E-state index contributed by atoms with van der Waals surface area (Å²) in [5.41, 5.74) is 2.03. The first-order chi connectivity index (χ1) is 11.2. The van der Waals surface area contributed by atoms with Crippen molar-refractivity contribution in [1.82, 2.24) is 19.4 Å². The van der Waals surface area contributed by atoms with Crippen molar-refractivity contribution in [1.29, 1.82) is 0 Å². The van der Waals surface area contributed by atoms with Gasteiger partial charge in [-0.05, 0) is 18.2 Å². The van der Waals surface area contributed by atoms with Gasteiger partial charge in [-0.15, -0.1) is 0 Å². The van der Waals surface area contributed by atoms with Gasteiger partial charge in [0.1, 0.15) is 0 Å². The molecule has 0 unspecified atom stereocenters. The molecule has 0 atom stereocenters. The van der Waals surface area contributed by atoms with Gasteiger partial charge in [-0.25, -0.2) is 14.8 Å². The van der Waals surface area contributed by atoms with Crippen molar-refractivity contribution < 1.29 is 9.90 Å². The molecule has 112 valence electrons. The van der Waals surface area contributed by atoms with Gasteiger partial charge in [0, 0.05) is 18.1 Å². The number of rotatable bonds is 3. The van der Waals surface area contributed by atoms with Crippen LogP contribution >= 0.6 is 0 Å². The van der Waals surface area contributed by atoms with Gasteiger partial charge in [-0.3, -0.25) is 9.38 Å². The lowest BCUT2D eigenvalue weighted by Crippen LogP contribution is -2.08. The van der Waals surface area contributed by atoms with Crippen molar-refractivity contribution in [3.63, 3.8) is 0 Å². The zero-order chi connectivity index (χ0) is 15.8. The fourth-order valence-corrected chi connectivity index (χ4v) is 2.46. The van der Waals surface area contributed by atoms with E-state index in [1.54, 1.807) is 18.5 Å². The van der Waals surface area contributed by atoms with Crippen LogP contribution in [0.4, 0.5) is 11.6 Å². The number of nitrogens with one attached hydrogen (secondary N) is 1. The third kappa shape index (κ3) is 2.15. The van der Waals surface area contributed by atoms with E-state index in [9.17, 15) is 9.90 Å². The number of aromatic carboxylic acids is 1. The molecule has 3 aromatic heterocycles. The summed E-state index contributed by atoms with van der Waals surface area (Å²) in [4.78, 5) is 24.3. The predicted octanol–water partition coefficient (Wildman–Crippen LogP) is 2.72. The molecule has 7 nitrogen and oxygen atoms in total. The zero-order valence-electron chi connectivity index (χ0n) is 11.8. The van der Waals surface area contributed by atoms with Crippen LogP contribution in [0.1, 0.15) is 10.5 Å². The number of benzene rings is 1. The molecule has 0 amide bonds. The number of hydrogen-bond donors (Lipinski definition) is 2. The summed E-state index contributed by atoms with van der Waals surface area (Å²) >= 11 is 0. The van der Waals surface area contributed by atoms with Crippen LogP contribution in [0.3, 0.4) is 0 Å². The standard InChI is InChI=1S/C16H11N5O2/c22-15(23)13-9-18-14-11-8-17-7-6-12(11)20-16(21(13)14)19-10-4-2-1-3-5-10/h1-9H,(H,19,20)(H,22,23). The Bertz CT molecular complexity index is 1030. The van der Waals surface area contributed by atoms with Crippen LogP contribution in [0, 0.1) is 0 Å². The second-order valence-corrected chi connectivity index (χ2v) is 4.93. The molecule has 23 heavy (non-hydrogen) atoms. The molecule has 0 saturated heterocycles. The smallest absolute Gasteiger partial charge is 0.354 e. The largest absolute Gasteiger partial charge is 0.477 e. The highest BCUT2D eigenvalue weighted by Gasteiger charge is 2.17. The van der Waals surface area contributed by atoms with Crippen molar-refractivity contribution in [3.8, 4) is 0 Å². The van der Waals surface area contributed by atoms with E-state index < -0.39 is 5.97 Å². The number of carboxylic acids is 1. The summed E-state index contributed by atoms with van der Waals surface area (Å²) in [6, 6.07) is 11.2. The molecule has 0 aliphatic rings. The van der Waals surface area contributed by atoms with E-state index in [0.717, 1.165) is 5.69 Å². The maximum Gasteiger partial charge on any atom is 0.354 e. The SMILES string of the molecule is O=C(O)c1cnc2c3cnccc3nc(Nc3ccccc3)n12. The van der Waals surface area contributed by atoms with Crippen LogP contribution in [-0.2, 0) is 0 Å². The van der Waals surface area contributed by atoms with E-state index >= 15 is 0 Å². The quantitative estimate of drug-likeness (QED) is 0.604. The Kier molecular flexibility index (Phi) is 2.90. The van der Waals surface area contributed by atoms with Gasteiger partial charge in [-0.1, -0.05) is 18.2 Å². The molecule has 0 bridgehead atoms. The van der Waals surface area contributed by atoms with E-state index in [-0.39, 0.29) is 5.69 Å². The van der Waals surface area contributed by atoms with Crippen LogP contribution in [0.2, 0.25) is 0 Å². The molecule has 7 heteroatoms. The minimum atomic E-state index is -1.07. The molecule has 0 aliphatic carbocycles. The van der Waals surface area contributed by atoms with Crippen LogP contribution in [0.25, 0.3) is 16.6 Å². The van der Waals surface area contributed by atoms with Crippen LogP contribution in [0.15, 0.2) is 55.0 Å². The molecule has 0 saturated carbocycles. The van der Waals surface area contributed by atoms with Gasteiger partial charge in [0.15, 0.2) is 11.3 Å². The van der Waals surface area contributed by atoms with Gasteiger partial charge >= 0.3 is 5.97 Å². The number of pyridine rings is 1. The van der Waals surface area contributed by atoms with Gasteiger partial charge in [0.05, 0.1) is 17.1 Å². The summed E-state index contributed by atoms with van der Waals surface area (Å²) in [6.07, 6.45) is 4.59. The van der Waals surface area contributed by atoms with E-state index in [0.29, 0.717) is 22.5 Å². The maximum atomic E-state index is 11.5. The molecular formula is C16H11N5O2. The third-order valence-electron chi connectivity index (χ3n) is 3.49. The van der Waals surface area contributed by atoms with Gasteiger partial charge in [0.2, 0.25) is 5.95 Å². The Morgan fingerprint density at radius 2 is 1.96 bits per heavy atom. The van der Waals surface area contributed by atoms with Gasteiger partial charge in [0.25, 0.3) is 0 Å². The summed E-state index contributed by atoms with van der Waals surface area (Å²) in [6.45, 7) is 0. The van der Waals surface area contributed by atoms with Crippen molar-refractivity contribution in [2.75, 3.05) is 5.32 Å². The molecule has 0 fully saturated rings. The molecule has 2 N–H and O–H groups in total. The van der Waals surface area contributed by atoms with E-state index in [1.165, 1.54) is 10.6 Å². The van der Waals surface area contributed by atoms with Crippen LogP contribution in [0.5, 0.6) is 0 Å². The number of hydrogen-bond acceptors (Lipinski definition) is 5. The second-order valence-electron chi connectivity index (χ2n) is 4.93. The molecule has 4 aromatic rings. The fraction of sp³-hybridized carbons (Fsp3) is 0. The summed E-state index contributed by atoms with van der Waals surface area (Å²) < 4.78 is 1.49. The number of aromatic nitrogens is 4. The number of nitrogens with zero attached hydrogens (tertiary/aromatic N) is 4. The van der Waals surface area contributed by atoms with E-state index in [1.807, 2.05) is 30.3 Å². The Morgan fingerprint density at radius 1 is 1.13 bits per heavy atom. The highest BCUT2D eigenvalue weighted by atomic mass is 16.4. The summed E-state index contributed by atoms with van der Waals surface area (Å²) in [7, 11) is 0. The highest BCUT2D eigenvalue weighted by Crippen LogP contribution is 2.24. The van der Waals surface area contributed by atoms with Gasteiger partial charge in [-0.2, -0.15) is 0 Å².